The number of carbonyl (C=O) groups excluding carboxylic acids is 2. The number of rotatable bonds is 5. The first-order valence-corrected chi connectivity index (χ1v) is 11.4. The van der Waals surface area contributed by atoms with E-state index in [-0.39, 0.29) is 24.7 Å². The van der Waals surface area contributed by atoms with Crippen LogP contribution in [0.5, 0.6) is 0 Å². The molecule has 30 heavy (non-hydrogen) atoms. The molecule has 1 saturated heterocycles. The van der Waals surface area contributed by atoms with Gasteiger partial charge in [-0.3, -0.25) is 9.59 Å². The number of hydrogen-bond acceptors (Lipinski definition) is 5. The summed E-state index contributed by atoms with van der Waals surface area (Å²) in [7, 11) is 0. The number of para-hydroxylation sites is 1. The fourth-order valence-electron chi connectivity index (χ4n) is 3.80. The molecule has 0 saturated carbocycles. The molecule has 2 amide bonds. The van der Waals surface area contributed by atoms with Crippen LogP contribution < -0.4 is 15.1 Å². The van der Waals surface area contributed by atoms with Gasteiger partial charge in [0.05, 0.1) is 18.9 Å². The second-order valence-electron chi connectivity index (χ2n) is 7.51. The molecule has 2 aromatic rings. The minimum atomic E-state index is -0.134. The monoisotopic (exact) mass is 425 g/mol. The van der Waals surface area contributed by atoms with Crippen molar-refractivity contribution >= 4 is 40.6 Å². The fraction of sp³-hybridized carbons (Fsp3) is 0.391. The molecule has 0 atom stereocenters. The third-order valence-electron chi connectivity index (χ3n) is 5.46. The van der Waals surface area contributed by atoms with Gasteiger partial charge in [0.1, 0.15) is 0 Å². The highest BCUT2D eigenvalue weighted by molar-refractivity contribution is 7.99. The Bertz CT molecular complexity index is 928. The topological polar surface area (TPSA) is 61.9 Å². The Morgan fingerprint density at radius 3 is 2.67 bits per heavy atom. The first kappa shape index (κ1) is 20.8. The highest BCUT2D eigenvalue weighted by Gasteiger charge is 2.23. The van der Waals surface area contributed by atoms with Crippen molar-refractivity contribution in [2.45, 2.75) is 24.7 Å². The van der Waals surface area contributed by atoms with Crippen molar-refractivity contribution in [3.63, 3.8) is 0 Å². The number of hydrogen-bond donors (Lipinski definition) is 1. The first-order valence-electron chi connectivity index (χ1n) is 10.4. The van der Waals surface area contributed by atoms with Gasteiger partial charge in [-0.1, -0.05) is 12.1 Å². The lowest BCUT2D eigenvalue weighted by molar-refractivity contribution is -0.122. The molecule has 0 unspecified atom stereocenters. The average molecular weight is 426 g/mol. The van der Waals surface area contributed by atoms with Gasteiger partial charge in [0.25, 0.3) is 0 Å². The molecular formula is C23H27N3O3S. The molecule has 0 aliphatic carbocycles. The Hall–Kier alpha value is -2.51. The van der Waals surface area contributed by atoms with Crippen molar-refractivity contribution in [1.29, 1.82) is 0 Å². The largest absolute Gasteiger partial charge is 0.378 e. The van der Waals surface area contributed by atoms with Crippen LogP contribution in [0.3, 0.4) is 0 Å². The maximum Gasteiger partial charge on any atom is 0.227 e. The molecule has 2 heterocycles. The van der Waals surface area contributed by atoms with Crippen LogP contribution in [0.25, 0.3) is 0 Å². The molecule has 158 valence electrons. The van der Waals surface area contributed by atoms with Crippen molar-refractivity contribution < 1.29 is 14.3 Å². The highest BCUT2D eigenvalue weighted by Crippen LogP contribution is 2.34. The molecule has 0 aromatic heterocycles. The molecule has 2 aromatic carbocycles. The molecule has 0 radical (unpaired) electrons. The summed E-state index contributed by atoms with van der Waals surface area (Å²) in [6.45, 7) is 5.92. The molecule has 6 nitrogen and oxygen atoms in total. The number of carbonyl (C=O) groups is 2. The predicted molar refractivity (Wildman–Crippen MR) is 122 cm³/mol. The standard InChI is InChI=1S/C23H27N3O3S/c1-17-16-18(25-10-13-29-14-11-25)6-7-19(17)24-22(27)8-9-23(28)26-12-15-30-21-5-3-2-4-20(21)26/h2-7,16H,8-15H2,1H3,(H,24,27). The summed E-state index contributed by atoms with van der Waals surface area (Å²) in [6, 6.07) is 14.0. The number of benzene rings is 2. The van der Waals surface area contributed by atoms with Gasteiger partial charge >= 0.3 is 0 Å². The van der Waals surface area contributed by atoms with E-state index in [2.05, 4.69) is 16.3 Å². The van der Waals surface area contributed by atoms with E-state index in [4.69, 9.17) is 4.74 Å². The summed E-state index contributed by atoms with van der Waals surface area (Å²) in [4.78, 5) is 30.4. The molecule has 1 N–H and O–H groups in total. The lowest BCUT2D eigenvalue weighted by atomic mass is 10.1. The maximum absolute atomic E-state index is 12.7. The highest BCUT2D eigenvalue weighted by atomic mass is 32.2. The van der Waals surface area contributed by atoms with Gasteiger partial charge in [-0.15, -0.1) is 11.8 Å². The van der Waals surface area contributed by atoms with Gasteiger partial charge in [0.15, 0.2) is 0 Å². The SMILES string of the molecule is Cc1cc(N2CCOCC2)ccc1NC(=O)CCC(=O)N1CCSc2ccccc21. The number of thioether (sulfide) groups is 1. The minimum absolute atomic E-state index is 0.00251. The lowest BCUT2D eigenvalue weighted by Crippen LogP contribution is -2.36. The molecule has 1 fully saturated rings. The van der Waals surface area contributed by atoms with Gasteiger partial charge in [0.2, 0.25) is 11.8 Å². The lowest BCUT2D eigenvalue weighted by Gasteiger charge is -2.29. The maximum atomic E-state index is 12.7. The summed E-state index contributed by atoms with van der Waals surface area (Å²) in [5, 5.41) is 2.96. The number of ether oxygens (including phenoxy) is 1. The Labute approximate surface area is 181 Å². The number of nitrogens with one attached hydrogen (secondary N) is 1. The molecule has 4 rings (SSSR count). The molecular weight excluding hydrogens is 398 g/mol. The molecule has 2 aliphatic heterocycles. The summed E-state index contributed by atoms with van der Waals surface area (Å²) in [5.41, 5.74) is 3.91. The fourth-order valence-corrected chi connectivity index (χ4v) is 4.80. The number of nitrogens with zero attached hydrogens (tertiary/aromatic N) is 2. The zero-order valence-electron chi connectivity index (χ0n) is 17.2. The number of aryl methyl sites for hydroxylation is 1. The van der Waals surface area contributed by atoms with E-state index in [1.807, 2.05) is 48.2 Å². The summed E-state index contributed by atoms with van der Waals surface area (Å²) in [6.07, 6.45) is 0.380. The third-order valence-corrected chi connectivity index (χ3v) is 6.50. The van der Waals surface area contributed by atoms with E-state index >= 15 is 0 Å². The second-order valence-corrected chi connectivity index (χ2v) is 8.65. The average Bonchev–Trinajstić information content (AvgIpc) is 2.79. The van der Waals surface area contributed by atoms with Crippen LogP contribution in [0.1, 0.15) is 18.4 Å². The summed E-state index contributed by atoms with van der Waals surface area (Å²) >= 11 is 1.77. The second kappa shape index (κ2) is 9.53. The minimum Gasteiger partial charge on any atom is -0.378 e. The van der Waals surface area contributed by atoms with E-state index in [1.54, 1.807) is 11.8 Å². The van der Waals surface area contributed by atoms with Crippen LogP contribution >= 0.6 is 11.8 Å². The van der Waals surface area contributed by atoms with E-state index in [1.165, 1.54) is 0 Å². The van der Waals surface area contributed by atoms with Gasteiger partial charge in [-0.05, 0) is 42.8 Å². The zero-order valence-corrected chi connectivity index (χ0v) is 18.0. The van der Waals surface area contributed by atoms with Crippen LogP contribution in [0, 0.1) is 6.92 Å². The molecule has 0 bridgehead atoms. The smallest absolute Gasteiger partial charge is 0.227 e. The Morgan fingerprint density at radius 2 is 1.87 bits per heavy atom. The van der Waals surface area contributed by atoms with Gasteiger partial charge in [-0.25, -0.2) is 0 Å². The molecule has 0 spiro atoms. The molecule has 7 heteroatoms. The van der Waals surface area contributed by atoms with Gasteiger partial charge in [0, 0.05) is 54.5 Å². The summed E-state index contributed by atoms with van der Waals surface area (Å²) < 4.78 is 5.41. The quantitative estimate of drug-likeness (QED) is 0.792. The van der Waals surface area contributed by atoms with Crippen LogP contribution in [0.4, 0.5) is 17.1 Å². The van der Waals surface area contributed by atoms with Crippen molar-refractivity contribution in [3.8, 4) is 0 Å². The van der Waals surface area contributed by atoms with E-state index in [0.29, 0.717) is 6.54 Å². The van der Waals surface area contributed by atoms with Crippen LogP contribution in [0.15, 0.2) is 47.4 Å². The zero-order chi connectivity index (χ0) is 20.9. The number of morpholine rings is 1. The van der Waals surface area contributed by atoms with E-state index in [0.717, 1.165) is 59.6 Å². The number of fused-ring (bicyclic) bond motifs is 1. The summed E-state index contributed by atoms with van der Waals surface area (Å²) in [5.74, 6) is 0.742. The van der Waals surface area contributed by atoms with Crippen molar-refractivity contribution in [2.75, 3.05) is 53.7 Å². The van der Waals surface area contributed by atoms with Crippen LogP contribution in [-0.4, -0.2) is 50.4 Å². The molecule has 2 aliphatic rings. The number of amides is 2. The van der Waals surface area contributed by atoms with Crippen molar-refractivity contribution in [3.05, 3.63) is 48.0 Å². The first-order chi connectivity index (χ1) is 14.6. The van der Waals surface area contributed by atoms with Gasteiger partial charge in [-0.2, -0.15) is 0 Å². The van der Waals surface area contributed by atoms with Crippen molar-refractivity contribution in [2.24, 2.45) is 0 Å². The van der Waals surface area contributed by atoms with Crippen molar-refractivity contribution in [1.82, 2.24) is 0 Å². The Balaban J connectivity index is 1.32. The van der Waals surface area contributed by atoms with Crippen LogP contribution in [0.2, 0.25) is 0 Å². The van der Waals surface area contributed by atoms with Crippen LogP contribution in [-0.2, 0) is 14.3 Å². The number of anilines is 3. The van der Waals surface area contributed by atoms with E-state index in [9.17, 15) is 9.59 Å². The van der Waals surface area contributed by atoms with Gasteiger partial charge < -0.3 is 19.9 Å². The predicted octanol–water partition coefficient (Wildman–Crippen LogP) is 3.69. The van der Waals surface area contributed by atoms with E-state index < -0.39 is 0 Å². The Morgan fingerprint density at radius 1 is 1.07 bits per heavy atom. The third kappa shape index (κ3) is 4.79. The normalized spacial score (nSPS) is 16.2. The Kier molecular flexibility index (Phi) is 6.59.